The monoisotopic (exact) mass is 618 g/mol. The summed E-state index contributed by atoms with van der Waals surface area (Å²) in [5, 5.41) is 10.8. The normalized spacial score (nSPS) is 16.2. The average Bonchev–Trinajstić information content (AvgIpc) is 3.61. The summed E-state index contributed by atoms with van der Waals surface area (Å²) in [7, 11) is 0. The Morgan fingerprint density at radius 2 is 1.29 bits per heavy atom. The summed E-state index contributed by atoms with van der Waals surface area (Å²) in [5.41, 5.74) is 4.75. The van der Waals surface area contributed by atoms with Gasteiger partial charge in [-0.15, -0.1) is 0 Å². The van der Waals surface area contributed by atoms with Gasteiger partial charge in [-0.2, -0.15) is 0 Å². The van der Waals surface area contributed by atoms with Crippen molar-refractivity contribution in [1.82, 2.24) is 0 Å². The van der Waals surface area contributed by atoms with E-state index < -0.39 is 0 Å². The molecule has 0 aliphatic heterocycles. The van der Waals surface area contributed by atoms with Gasteiger partial charge >= 0.3 is 19.5 Å². The molecule has 2 saturated carbocycles. The van der Waals surface area contributed by atoms with Gasteiger partial charge in [0.05, 0.1) is 6.61 Å². The number of benzene rings is 2. The van der Waals surface area contributed by atoms with Crippen molar-refractivity contribution < 1.29 is 29.3 Å². The number of phenolic OH excluding ortho intramolecular Hbond substituents is 1. The van der Waals surface area contributed by atoms with Gasteiger partial charge in [0.15, 0.2) is 0 Å². The third kappa shape index (κ3) is 10.0. The predicted molar refractivity (Wildman–Crippen MR) is 146 cm³/mol. The molecular weight excluding hydrogens is 585 g/mol. The van der Waals surface area contributed by atoms with Gasteiger partial charge in [0.2, 0.25) is 0 Å². The van der Waals surface area contributed by atoms with Crippen LogP contribution in [0.1, 0.15) is 43.7 Å². The van der Waals surface area contributed by atoms with Gasteiger partial charge in [-0.25, -0.2) is 0 Å². The molecule has 1 N–H and O–H groups in total. The van der Waals surface area contributed by atoms with E-state index in [0.717, 1.165) is 41.7 Å². The number of alkyl halides is 1. The Balaban J connectivity index is 0.000000640. The molecule has 2 aromatic carbocycles. The molecule has 2 aliphatic carbocycles. The van der Waals surface area contributed by atoms with Crippen LogP contribution in [0, 0.1) is 63.7 Å². The summed E-state index contributed by atoms with van der Waals surface area (Å²) in [6.45, 7) is 2.94. The number of hydrogen-bond acceptors (Lipinski definition) is 2. The minimum Gasteiger partial charge on any atom is -0.508 e. The molecule has 2 nitrogen and oxygen atoms in total. The first kappa shape index (κ1) is 30.1. The van der Waals surface area contributed by atoms with E-state index in [0.29, 0.717) is 0 Å². The SMILES string of the molecule is CC/C([C]1[CH][CH][CH][CH]1)=C(\c1ccc(O)cc1)c1ccc(OCCCCCBr)cc1.[CH]1[CH][CH][CH][CH]1.[Ru+2]. The second-order valence-corrected chi connectivity index (χ2v) is 8.81. The van der Waals surface area contributed by atoms with E-state index in [2.05, 4.69) is 72.8 Å². The summed E-state index contributed by atoms with van der Waals surface area (Å²) < 4.78 is 5.90. The van der Waals surface area contributed by atoms with Crippen LogP contribution in [-0.2, 0) is 19.5 Å². The Bertz CT molecular complexity index is 843. The fourth-order valence-corrected chi connectivity index (χ4v) is 4.24. The third-order valence-electron chi connectivity index (χ3n) is 5.57. The second kappa shape index (κ2) is 17.4. The Hall–Kier alpha value is -1.12. The molecule has 182 valence electrons. The van der Waals surface area contributed by atoms with E-state index in [1.807, 2.05) is 44.2 Å². The topological polar surface area (TPSA) is 29.5 Å². The van der Waals surface area contributed by atoms with E-state index in [1.54, 1.807) is 12.1 Å². The maximum Gasteiger partial charge on any atom is 2.00 e. The van der Waals surface area contributed by atoms with Gasteiger partial charge in [-0.05, 0) is 124 Å². The van der Waals surface area contributed by atoms with Crippen molar-refractivity contribution >= 4 is 21.5 Å². The van der Waals surface area contributed by atoms with Crippen LogP contribution in [0.2, 0.25) is 0 Å². The fourth-order valence-electron chi connectivity index (χ4n) is 3.85. The Kier molecular flexibility index (Phi) is 14.9. The summed E-state index contributed by atoms with van der Waals surface area (Å²) in [6, 6.07) is 15.8. The zero-order valence-electron chi connectivity index (χ0n) is 20.1. The van der Waals surface area contributed by atoms with E-state index in [9.17, 15) is 5.11 Å². The maximum atomic E-state index is 9.73. The van der Waals surface area contributed by atoms with E-state index in [1.165, 1.54) is 29.9 Å². The van der Waals surface area contributed by atoms with Crippen LogP contribution in [-0.4, -0.2) is 17.0 Å². The molecule has 4 rings (SSSR count). The molecule has 0 atom stereocenters. The van der Waals surface area contributed by atoms with Crippen molar-refractivity contribution in [2.75, 3.05) is 11.9 Å². The van der Waals surface area contributed by atoms with Gasteiger partial charge in [-0.1, -0.05) is 52.7 Å². The van der Waals surface area contributed by atoms with Gasteiger partial charge < -0.3 is 9.84 Å². The smallest absolute Gasteiger partial charge is 0.508 e. The van der Waals surface area contributed by atoms with Crippen molar-refractivity contribution in [3.63, 3.8) is 0 Å². The third-order valence-corrected chi connectivity index (χ3v) is 6.13. The number of allylic oxidation sites excluding steroid dienone is 1. The van der Waals surface area contributed by atoms with Crippen LogP contribution in [0.4, 0.5) is 0 Å². The number of hydrogen-bond donors (Lipinski definition) is 1. The molecular formula is C31H33BrO2Ru+2. The minimum absolute atomic E-state index is 0. The first-order valence-electron chi connectivity index (χ1n) is 11.9. The Labute approximate surface area is 234 Å². The van der Waals surface area contributed by atoms with Crippen LogP contribution in [0.25, 0.3) is 5.57 Å². The molecule has 0 saturated heterocycles. The van der Waals surface area contributed by atoms with E-state index in [-0.39, 0.29) is 25.2 Å². The first-order chi connectivity index (χ1) is 16.7. The van der Waals surface area contributed by atoms with Crippen molar-refractivity contribution in [1.29, 1.82) is 0 Å². The first-order valence-corrected chi connectivity index (χ1v) is 13.1. The average molecular weight is 619 g/mol. The van der Waals surface area contributed by atoms with Crippen molar-refractivity contribution in [3.8, 4) is 11.5 Å². The second-order valence-electron chi connectivity index (χ2n) is 8.01. The maximum absolute atomic E-state index is 9.73. The summed E-state index contributed by atoms with van der Waals surface area (Å²) in [4.78, 5) is 0. The fraction of sp³-hybridized carbons (Fsp3) is 0.226. The molecule has 35 heavy (non-hydrogen) atoms. The number of rotatable bonds is 10. The number of unbranched alkanes of at least 4 members (excludes halogenated alkanes) is 2. The number of ether oxygens (including phenoxy) is 1. The molecule has 0 aromatic heterocycles. The standard InChI is InChI=1S/C26H28BrO2.C5H5.Ru/c1-2-25(20-8-4-5-9-20)26(21-10-14-23(28)15-11-21)22-12-16-24(17-13-22)29-19-7-3-6-18-27;1-2-4-5-3-1;/h4-5,8-17,28H,2-3,6-7,18-19H2,1H3;1-5H;/q;;+2/b26-25-;;. The zero-order valence-corrected chi connectivity index (χ0v) is 23.5. The summed E-state index contributed by atoms with van der Waals surface area (Å²) in [5.74, 6) is 2.43. The number of aromatic hydroxyl groups is 1. The number of phenols is 1. The van der Waals surface area contributed by atoms with Crippen molar-refractivity contribution in [3.05, 3.63) is 129 Å². The summed E-state index contributed by atoms with van der Waals surface area (Å²) >= 11 is 3.46. The van der Waals surface area contributed by atoms with Gasteiger partial charge in [0.1, 0.15) is 11.5 Å². The quantitative estimate of drug-likeness (QED) is 0.166. The molecule has 0 unspecified atom stereocenters. The van der Waals surface area contributed by atoms with Crippen molar-refractivity contribution in [2.24, 2.45) is 0 Å². The predicted octanol–water partition coefficient (Wildman–Crippen LogP) is 7.97. The van der Waals surface area contributed by atoms with Crippen LogP contribution >= 0.6 is 15.9 Å². The van der Waals surface area contributed by atoms with Crippen molar-refractivity contribution in [2.45, 2.75) is 32.6 Å². The molecule has 2 aromatic rings. The van der Waals surface area contributed by atoms with Gasteiger partial charge in [-0.3, -0.25) is 0 Å². The molecule has 2 fully saturated rings. The minimum atomic E-state index is 0. The molecule has 0 spiro atoms. The van der Waals surface area contributed by atoms with Crippen LogP contribution in [0.15, 0.2) is 54.1 Å². The van der Waals surface area contributed by atoms with Crippen LogP contribution in [0.3, 0.4) is 0 Å². The molecule has 2 aliphatic rings. The largest absolute Gasteiger partial charge is 2.00 e. The molecule has 10 radical (unpaired) electrons. The zero-order chi connectivity index (χ0) is 24.0. The molecule has 0 bridgehead atoms. The van der Waals surface area contributed by atoms with E-state index >= 15 is 0 Å². The Morgan fingerprint density at radius 1 is 0.743 bits per heavy atom. The molecule has 4 heteroatoms. The summed E-state index contributed by atoms with van der Waals surface area (Å²) in [6.07, 6.45) is 22.8. The molecule has 0 amide bonds. The van der Waals surface area contributed by atoms with Gasteiger partial charge in [0, 0.05) is 11.2 Å². The molecule has 0 heterocycles. The van der Waals surface area contributed by atoms with Gasteiger partial charge in [0.25, 0.3) is 0 Å². The number of halogens is 1. The van der Waals surface area contributed by atoms with Crippen LogP contribution in [0.5, 0.6) is 11.5 Å². The van der Waals surface area contributed by atoms with Crippen LogP contribution < -0.4 is 4.74 Å². The Morgan fingerprint density at radius 3 is 1.80 bits per heavy atom. The van der Waals surface area contributed by atoms with E-state index in [4.69, 9.17) is 4.74 Å².